The van der Waals surface area contributed by atoms with Gasteiger partial charge in [0.1, 0.15) is 5.60 Å². The van der Waals surface area contributed by atoms with Crippen molar-refractivity contribution in [2.24, 2.45) is 0 Å². The molecule has 5 nitrogen and oxygen atoms in total. The molecule has 18 heavy (non-hydrogen) atoms. The van der Waals surface area contributed by atoms with Gasteiger partial charge in [0.2, 0.25) is 0 Å². The fourth-order valence-corrected chi connectivity index (χ4v) is 1.38. The third-order valence-corrected chi connectivity index (χ3v) is 2.45. The van der Waals surface area contributed by atoms with Crippen LogP contribution in [0.25, 0.3) is 0 Å². The highest BCUT2D eigenvalue weighted by Crippen LogP contribution is 2.17. The highest BCUT2D eigenvalue weighted by Gasteiger charge is 2.23. The zero-order chi connectivity index (χ0) is 13.8. The van der Waals surface area contributed by atoms with Gasteiger partial charge in [0.05, 0.1) is 11.1 Å². The first-order chi connectivity index (χ1) is 8.35. The van der Waals surface area contributed by atoms with E-state index in [9.17, 15) is 9.59 Å². The molecule has 0 aliphatic heterocycles. The third-order valence-electron chi connectivity index (χ3n) is 2.45. The average Bonchev–Trinajstić information content (AvgIpc) is 2.28. The minimum atomic E-state index is -1.05. The molecule has 98 valence electrons. The molecule has 0 amide bonds. The van der Waals surface area contributed by atoms with E-state index >= 15 is 0 Å². The fraction of sp³-hybridized carbons (Fsp3) is 0.385. The van der Waals surface area contributed by atoms with Gasteiger partial charge in [0.15, 0.2) is 0 Å². The summed E-state index contributed by atoms with van der Waals surface area (Å²) in [6, 6.07) is 5.50. The molecule has 0 bridgehead atoms. The summed E-state index contributed by atoms with van der Waals surface area (Å²) in [5.41, 5.74) is -0.357. The summed E-state index contributed by atoms with van der Waals surface area (Å²) in [7, 11) is 0. The van der Waals surface area contributed by atoms with Crippen LogP contribution in [0.4, 0.5) is 0 Å². The normalized spacial score (nSPS) is 11.1. The molecule has 1 aromatic rings. The molecule has 2 N–H and O–H groups in total. The van der Waals surface area contributed by atoms with Crippen LogP contribution in [0.2, 0.25) is 0 Å². The van der Waals surface area contributed by atoms with Crippen molar-refractivity contribution in [2.45, 2.75) is 25.9 Å². The molecule has 0 atom stereocenters. The van der Waals surface area contributed by atoms with E-state index in [0.717, 1.165) is 0 Å². The number of hydrogen-bond acceptors (Lipinski definition) is 4. The summed E-state index contributed by atoms with van der Waals surface area (Å²) in [5.74, 6) is -1.58. The lowest BCUT2D eigenvalue weighted by Crippen LogP contribution is -2.29. The molecule has 0 aliphatic rings. The fourth-order valence-electron chi connectivity index (χ4n) is 1.38. The Morgan fingerprint density at radius 1 is 1.17 bits per heavy atom. The van der Waals surface area contributed by atoms with Crippen LogP contribution >= 0.6 is 0 Å². The van der Waals surface area contributed by atoms with Gasteiger partial charge in [-0.05, 0) is 38.1 Å². The first-order valence-electron chi connectivity index (χ1n) is 5.53. The Bertz CT molecular complexity index is 433. The first kappa shape index (κ1) is 14.2. The van der Waals surface area contributed by atoms with Crippen molar-refractivity contribution in [3.05, 3.63) is 35.4 Å². The van der Waals surface area contributed by atoms with Gasteiger partial charge >= 0.3 is 11.9 Å². The monoisotopic (exact) mass is 252 g/mol. The molecule has 0 aliphatic carbocycles. The topological polar surface area (TPSA) is 83.8 Å². The van der Waals surface area contributed by atoms with Crippen LogP contribution in [0.3, 0.4) is 0 Å². The molecule has 1 rings (SSSR count). The molecule has 1 aromatic carbocycles. The van der Waals surface area contributed by atoms with Crippen LogP contribution in [0.1, 0.15) is 41.0 Å². The number of esters is 1. The van der Waals surface area contributed by atoms with Crippen LogP contribution in [0.5, 0.6) is 0 Å². The van der Waals surface area contributed by atoms with E-state index in [1.54, 1.807) is 13.8 Å². The number of carbonyl (C=O) groups is 2. The Kier molecular flexibility index (Phi) is 4.44. The van der Waals surface area contributed by atoms with E-state index in [1.165, 1.54) is 24.3 Å². The Balaban J connectivity index is 2.76. The lowest BCUT2D eigenvalue weighted by Gasteiger charge is -2.24. The highest BCUT2D eigenvalue weighted by atomic mass is 16.6. The minimum Gasteiger partial charge on any atom is -0.478 e. The van der Waals surface area contributed by atoms with Crippen LogP contribution < -0.4 is 0 Å². The number of aromatic carboxylic acids is 1. The number of aliphatic hydroxyl groups is 1. The van der Waals surface area contributed by atoms with Crippen LogP contribution in [-0.4, -0.2) is 34.4 Å². The summed E-state index contributed by atoms with van der Waals surface area (Å²) < 4.78 is 5.22. The number of benzene rings is 1. The van der Waals surface area contributed by atoms with E-state index in [0.29, 0.717) is 6.42 Å². The van der Waals surface area contributed by atoms with Crippen molar-refractivity contribution in [1.29, 1.82) is 0 Å². The molecular weight excluding hydrogens is 236 g/mol. The molecule has 5 heteroatoms. The molecule has 0 spiro atoms. The van der Waals surface area contributed by atoms with Crippen molar-refractivity contribution < 1.29 is 24.5 Å². The van der Waals surface area contributed by atoms with Gasteiger partial charge in [-0.3, -0.25) is 0 Å². The van der Waals surface area contributed by atoms with E-state index in [2.05, 4.69) is 0 Å². The minimum absolute atomic E-state index is 0.0712. The molecule has 0 saturated heterocycles. The highest BCUT2D eigenvalue weighted by molar-refractivity contribution is 5.92. The zero-order valence-corrected chi connectivity index (χ0v) is 10.3. The van der Waals surface area contributed by atoms with Crippen LogP contribution in [0.15, 0.2) is 24.3 Å². The first-order valence-corrected chi connectivity index (χ1v) is 5.53. The summed E-state index contributed by atoms with van der Waals surface area (Å²) in [5, 5.41) is 17.6. The molecule has 0 radical (unpaired) electrons. The third kappa shape index (κ3) is 3.85. The number of rotatable bonds is 5. The molecule has 0 aromatic heterocycles. The quantitative estimate of drug-likeness (QED) is 0.779. The van der Waals surface area contributed by atoms with Gasteiger partial charge in [-0.15, -0.1) is 0 Å². The van der Waals surface area contributed by atoms with Gasteiger partial charge in [0, 0.05) is 13.0 Å². The van der Waals surface area contributed by atoms with Crippen molar-refractivity contribution in [3.8, 4) is 0 Å². The van der Waals surface area contributed by atoms with Gasteiger partial charge < -0.3 is 14.9 Å². The van der Waals surface area contributed by atoms with Crippen LogP contribution in [0, 0.1) is 0 Å². The Hall–Kier alpha value is -1.88. The summed E-state index contributed by atoms with van der Waals surface area (Å²) in [6.07, 6.45) is 0.339. The average molecular weight is 252 g/mol. The smallest absolute Gasteiger partial charge is 0.338 e. The number of carboxylic acid groups (broad SMARTS) is 1. The van der Waals surface area contributed by atoms with Gasteiger partial charge in [-0.2, -0.15) is 0 Å². The van der Waals surface area contributed by atoms with Crippen molar-refractivity contribution in [2.75, 3.05) is 6.61 Å². The largest absolute Gasteiger partial charge is 0.478 e. The maximum Gasteiger partial charge on any atom is 0.338 e. The summed E-state index contributed by atoms with van der Waals surface area (Å²) >= 11 is 0. The van der Waals surface area contributed by atoms with E-state index < -0.39 is 17.5 Å². The van der Waals surface area contributed by atoms with Gasteiger partial charge in [0.25, 0.3) is 0 Å². The number of ether oxygens (including phenoxy) is 1. The molecule has 0 saturated carbocycles. The van der Waals surface area contributed by atoms with E-state index in [4.69, 9.17) is 14.9 Å². The molecular formula is C13H16O5. The lowest BCUT2D eigenvalue weighted by molar-refractivity contribution is -0.0106. The zero-order valence-electron chi connectivity index (χ0n) is 10.3. The molecule has 0 heterocycles. The Morgan fingerprint density at radius 3 is 2.11 bits per heavy atom. The number of hydrogen-bond donors (Lipinski definition) is 2. The molecule has 0 fully saturated rings. The maximum absolute atomic E-state index is 11.8. The number of carboxylic acids is 1. The SMILES string of the molecule is CC(C)(CCO)OC(=O)c1ccc(C(=O)O)cc1. The standard InChI is InChI=1S/C13H16O5/c1-13(2,7-8-14)18-12(17)10-5-3-9(4-6-10)11(15)16/h3-6,14H,7-8H2,1-2H3,(H,15,16). The predicted octanol–water partition coefficient (Wildman–Crippen LogP) is 1.70. The lowest BCUT2D eigenvalue weighted by atomic mass is 10.1. The number of carbonyl (C=O) groups excluding carboxylic acids is 1. The van der Waals surface area contributed by atoms with Crippen molar-refractivity contribution in [3.63, 3.8) is 0 Å². The van der Waals surface area contributed by atoms with Crippen molar-refractivity contribution >= 4 is 11.9 Å². The second-order valence-electron chi connectivity index (χ2n) is 4.51. The molecule has 0 unspecified atom stereocenters. The van der Waals surface area contributed by atoms with Gasteiger partial charge in [-0.1, -0.05) is 0 Å². The van der Waals surface area contributed by atoms with Crippen LogP contribution in [-0.2, 0) is 4.74 Å². The Labute approximate surface area is 105 Å². The summed E-state index contributed by atoms with van der Waals surface area (Å²) in [4.78, 5) is 22.4. The Morgan fingerprint density at radius 2 is 1.67 bits per heavy atom. The van der Waals surface area contributed by atoms with E-state index in [-0.39, 0.29) is 17.7 Å². The summed E-state index contributed by atoms with van der Waals surface area (Å²) in [6.45, 7) is 3.33. The van der Waals surface area contributed by atoms with E-state index in [1.807, 2.05) is 0 Å². The maximum atomic E-state index is 11.8. The van der Waals surface area contributed by atoms with Crippen molar-refractivity contribution in [1.82, 2.24) is 0 Å². The second kappa shape index (κ2) is 5.64. The van der Waals surface area contributed by atoms with Gasteiger partial charge in [-0.25, -0.2) is 9.59 Å². The predicted molar refractivity (Wildman–Crippen MR) is 64.6 cm³/mol. The second-order valence-corrected chi connectivity index (χ2v) is 4.51. The number of aliphatic hydroxyl groups excluding tert-OH is 1.